The molecule has 0 fully saturated rings. The normalized spacial score (nSPS) is 18.3. The molecule has 1 unspecified atom stereocenters. The lowest BCUT2D eigenvalue weighted by Crippen LogP contribution is -2.45. The lowest BCUT2D eigenvalue weighted by Gasteiger charge is -2.32. The van der Waals surface area contributed by atoms with Gasteiger partial charge in [-0.2, -0.15) is 0 Å². The van der Waals surface area contributed by atoms with Crippen molar-refractivity contribution in [3.63, 3.8) is 0 Å². The van der Waals surface area contributed by atoms with E-state index in [1.165, 1.54) is 29.7 Å². The van der Waals surface area contributed by atoms with Gasteiger partial charge in [-0.15, -0.1) is 11.8 Å². The van der Waals surface area contributed by atoms with Crippen molar-refractivity contribution in [1.29, 1.82) is 0 Å². The smallest absolute Gasteiger partial charge is 0.323 e. The van der Waals surface area contributed by atoms with Gasteiger partial charge in [-0.3, -0.25) is 10.1 Å². The Morgan fingerprint density at radius 2 is 1.88 bits per heavy atom. The van der Waals surface area contributed by atoms with Crippen LogP contribution in [0.4, 0.5) is 0 Å². The third kappa shape index (κ3) is 8.34. The number of unbranched alkanes of at least 4 members (excludes halogenated alkanes) is 1. The van der Waals surface area contributed by atoms with E-state index in [1.807, 2.05) is 54.2 Å². The first-order valence-electron chi connectivity index (χ1n) is 11.6. The quantitative estimate of drug-likeness (QED) is 0.404. The third-order valence-electron chi connectivity index (χ3n) is 5.99. The van der Waals surface area contributed by atoms with Crippen LogP contribution in [0.2, 0.25) is 0 Å². The Balaban J connectivity index is 0.000000554. The summed E-state index contributed by atoms with van der Waals surface area (Å²) in [6.07, 6.45) is 4.67. The van der Waals surface area contributed by atoms with E-state index in [2.05, 4.69) is 30.5 Å². The van der Waals surface area contributed by atoms with Gasteiger partial charge < -0.3 is 20.3 Å². The molecule has 3 rings (SSSR count). The molecule has 0 saturated heterocycles. The minimum atomic E-state index is -1.06. The fourth-order valence-corrected chi connectivity index (χ4v) is 5.15. The molecule has 0 aliphatic carbocycles. The molecular formula is C26H38N2O4S. The lowest BCUT2D eigenvalue weighted by molar-refractivity contribution is -0.140. The number of hydrogen-bond donors (Lipinski definition) is 4. The summed E-state index contributed by atoms with van der Waals surface area (Å²) in [6.45, 7) is 5.16. The molecule has 1 aliphatic rings. The van der Waals surface area contributed by atoms with Gasteiger partial charge in [0, 0.05) is 34.8 Å². The van der Waals surface area contributed by atoms with Crippen molar-refractivity contribution in [1.82, 2.24) is 10.6 Å². The largest absolute Gasteiger partial charge is 0.496 e. The SMILES string of the molecule is CCCC[C@]1(CC)CSc2cc(CNC(CO)C(=O)O)c(OC)cc2CN1.c1ccccc1. The Kier molecular flexibility index (Phi) is 11.7. The van der Waals surface area contributed by atoms with E-state index in [-0.39, 0.29) is 5.54 Å². The molecule has 182 valence electrons. The van der Waals surface area contributed by atoms with Gasteiger partial charge in [0.15, 0.2) is 0 Å². The summed E-state index contributed by atoms with van der Waals surface area (Å²) in [7, 11) is 1.63. The van der Waals surface area contributed by atoms with Crippen LogP contribution in [0, 0.1) is 0 Å². The number of aliphatic hydroxyl groups is 1. The fourth-order valence-electron chi connectivity index (χ4n) is 3.72. The Bertz CT molecular complexity index is 823. The summed E-state index contributed by atoms with van der Waals surface area (Å²) in [4.78, 5) is 12.3. The molecule has 0 bridgehead atoms. The van der Waals surface area contributed by atoms with Gasteiger partial charge in [0.1, 0.15) is 11.8 Å². The van der Waals surface area contributed by atoms with Gasteiger partial charge in [0.2, 0.25) is 0 Å². The maximum Gasteiger partial charge on any atom is 0.323 e. The standard InChI is InChI=1S/C20H32N2O4S.C6H6/c1-4-6-7-20(5-2)13-27-18-9-14(10-21-16(12-23)19(24)25)17(26-3)8-15(18)11-22-20;1-2-4-6-5-3-1/h8-9,16,21-23H,4-7,10-13H2,1-3H3,(H,24,25);1-6H/t16?,20-;/m1./s1. The molecule has 1 aliphatic heterocycles. The number of nitrogens with one attached hydrogen (secondary N) is 2. The monoisotopic (exact) mass is 474 g/mol. The van der Waals surface area contributed by atoms with Gasteiger partial charge >= 0.3 is 5.97 Å². The zero-order chi connectivity index (χ0) is 24.1. The summed E-state index contributed by atoms with van der Waals surface area (Å²) < 4.78 is 5.53. The van der Waals surface area contributed by atoms with E-state index >= 15 is 0 Å². The predicted molar refractivity (Wildman–Crippen MR) is 135 cm³/mol. The van der Waals surface area contributed by atoms with Gasteiger partial charge in [-0.1, -0.05) is 63.1 Å². The van der Waals surface area contributed by atoms with Crippen molar-refractivity contribution in [2.75, 3.05) is 19.5 Å². The van der Waals surface area contributed by atoms with E-state index in [1.54, 1.807) is 7.11 Å². The molecule has 0 spiro atoms. The van der Waals surface area contributed by atoms with Crippen LogP contribution in [-0.4, -0.2) is 47.2 Å². The Morgan fingerprint density at radius 3 is 2.39 bits per heavy atom. The van der Waals surface area contributed by atoms with E-state index in [9.17, 15) is 9.90 Å². The van der Waals surface area contributed by atoms with Crippen LogP contribution in [0.1, 0.15) is 50.7 Å². The fraction of sp³-hybridized carbons (Fsp3) is 0.500. The molecular weight excluding hydrogens is 436 g/mol. The van der Waals surface area contributed by atoms with Crippen molar-refractivity contribution >= 4 is 17.7 Å². The highest BCUT2D eigenvalue weighted by Gasteiger charge is 2.30. The van der Waals surface area contributed by atoms with Crippen molar-refractivity contribution < 1.29 is 19.7 Å². The third-order valence-corrected chi connectivity index (χ3v) is 7.38. The van der Waals surface area contributed by atoms with E-state index < -0.39 is 18.6 Å². The predicted octanol–water partition coefficient (Wildman–Crippen LogP) is 4.45. The maximum atomic E-state index is 11.1. The number of hydrogen-bond acceptors (Lipinski definition) is 6. The van der Waals surface area contributed by atoms with Crippen LogP contribution in [-0.2, 0) is 17.9 Å². The van der Waals surface area contributed by atoms with E-state index in [0.29, 0.717) is 6.54 Å². The number of carbonyl (C=O) groups is 1. The maximum absolute atomic E-state index is 11.1. The molecule has 0 saturated carbocycles. The van der Waals surface area contributed by atoms with Gasteiger partial charge in [0.25, 0.3) is 0 Å². The van der Waals surface area contributed by atoms with Crippen LogP contribution in [0.5, 0.6) is 5.75 Å². The van der Waals surface area contributed by atoms with Crippen molar-refractivity contribution in [2.45, 2.75) is 69.1 Å². The molecule has 0 amide bonds. The van der Waals surface area contributed by atoms with E-state index in [0.717, 1.165) is 30.0 Å². The highest BCUT2D eigenvalue weighted by molar-refractivity contribution is 7.99. The summed E-state index contributed by atoms with van der Waals surface area (Å²) in [5, 5.41) is 25.0. The van der Waals surface area contributed by atoms with Crippen LogP contribution in [0.3, 0.4) is 0 Å². The van der Waals surface area contributed by atoms with Gasteiger partial charge in [0.05, 0.1) is 13.7 Å². The van der Waals surface area contributed by atoms with Gasteiger partial charge in [-0.25, -0.2) is 0 Å². The second kappa shape index (κ2) is 14.3. The Hall–Kier alpha value is -2.06. The molecule has 4 N–H and O–H groups in total. The topological polar surface area (TPSA) is 90.8 Å². The van der Waals surface area contributed by atoms with E-state index in [4.69, 9.17) is 9.84 Å². The number of aliphatic carboxylic acids is 1. The van der Waals surface area contributed by atoms with Crippen LogP contribution in [0.25, 0.3) is 0 Å². The number of aliphatic hydroxyl groups excluding tert-OH is 1. The van der Waals surface area contributed by atoms with Crippen LogP contribution < -0.4 is 15.4 Å². The summed E-state index contributed by atoms with van der Waals surface area (Å²) in [5.41, 5.74) is 2.27. The Morgan fingerprint density at radius 1 is 1.21 bits per heavy atom. The second-order valence-electron chi connectivity index (χ2n) is 8.26. The average Bonchev–Trinajstić information content (AvgIpc) is 3.03. The number of ether oxygens (including phenoxy) is 1. The van der Waals surface area contributed by atoms with Gasteiger partial charge in [-0.05, 0) is 30.5 Å². The summed E-state index contributed by atoms with van der Waals surface area (Å²) in [6, 6.07) is 15.2. The van der Waals surface area contributed by atoms with Crippen molar-refractivity contribution in [3.8, 4) is 5.75 Å². The van der Waals surface area contributed by atoms with Crippen LogP contribution in [0.15, 0.2) is 53.4 Å². The Labute approximate surface area is 202 Å². The zero-order valence-electron chi connectivity index (χ0n) is 20.0. The number of fused-ring (bicyclic) bond motifs is 1. The number of carboxylic acid groups (broad SMARTS) is 1. The first-order valence-corrected chi connectivity index (χ1v) is 12.6. The lowest BCUT2D eigenvalue weighted by atomic mass is 9.91. The summed E-state index contributed by atoms with van der Waals surface area (Å²) >= 11 is 1.86. The average molecular weight is 475 g/mol. The first-order chi connectivity index (χ1) is 16.0. The number of carboxylic acids is 1. The van der Waals surface area contributed by atoms with Crippen LogP contribution >= 0.6 is 11.8 Å². The zero-order valence-corrected chi connectivity index (χ0v) is 20.8. The molecule has 33 heavy (non-hydrogen) atoms. The first kappa shape index (κ1) is 27.2. The highest BCUT2D eigenvalue weighted by atomic mass is 32.2. The molecule has 0 radical (unpaired) electrons. The molecule has 0 aromatic heterocycles. The second-order valence-corrected chi connectivity index (χ2v) is 9.28. The van der Waals surface area contributed by atoms with Crippen molar-refractivity contribution in [3.05, 3.63) is 59.7 Å². The molecule has 6 nitrogen and oxygen atoms in total. The molecule has 2 aromatic rings. The minimum Gasteiger partial charge on any atom is -0.496 e. The minimum absolute atomic E-state index is 0.149. The summed E-state index contributed by atoms with van der Waals surface area (Å²) in [5.74, 6) is 0.695. The number of thioether (sulfide) groups is 1. The molecule has 2 atom stereocenters. The van der Waals surface area contributed by atoms with Crippen molar-refractivity contribution in [2.24, 2.45) is 0 Å². The highest BCUT2D eigenvalue weighted by Crippen LogP contribution is 2.37. The number of rotatable bonds is 10. The molecule has 7 heteroatoms. The molecule has 1 heterocycles. The molecule has 2 aromatic carbocycles. The number of benzene rings is 2. The number of methoxy groups -OCH3 is 1.